The molecule has 0 spiro atoms. The molecule has 128 valence electrons. The van der Waals surface area contributed by atoms with Gasteiger partial charge in [-0.1, -0.05) is 25.1 Å². The van der Waals surface area contributed by atoms with Gasteiger partial charge in [0, 0.05) is 24.7 Å². The first kappa shape index (κ1) is 16.7. The number of hydrogen-bond acceptors (Lipinski definition) is 5. The molecule has 1 N–H and O–H groups in total. The van der Waals surface area contributed by atoms with Crippen molar-refractivity contribution in [3.8, 4) is 5.75 Å². The summed E-state index contributed by atoms with van der Waals surface area (Å²) in [5.41, 5.74) is 2.25. The number of hydrogen-bond donors (Lipinski definition) is 1. The number of ether oxygens (including phenoxy) is 1. The lowest BCUT2D eigenvalue weighted by Gasteiger charge is -2.31. The van der Waals surface area contributed by atoms with Crippen molar-refractivity contribution >= 4 is 5.82 Å². The Bertz CT molecular complexity index is 671. The lowest BCUT2D eigenvalue weighted by atomic mass is 9.80. The Labute approximate surface area is 143 Å². The second-order valence-corrected chi connectivity index (χ2v) is 6.35. The van der Waals surface area contributed by atoms with Crippen LogP contribution in [0.25, 0.3) is 0 Å². The minimum Gasteiger partial charge on any atom is -0.491 e. The molecule has 0 unspecified atom stereocenters. The highest BCUT2D eigenvalue weighted by atomic mass is 16.5. The van der Waals surface area contributed by atoms with Crippen LogP contribution in [0.4, 0.5) is 5.82 Å². The summed E-state index contributed by atoms with van der Waals surface area (Å²) in [5.74, 6) is 2.22. The van der Waals surface area contributed by atoms with Gasteiger partial charge in [0.25, 0.3) is 0 Å². The van der Waals surface area contributed by atoms with Crippen LogP contribution in [-0.2, 0) is 6.42 Å². The van der Waals surface area contributed by atoms with Gasteiger partial charge < -0.3 is 14.7 Å². The van der Waals surface area contributed by atoms with Crippen LogP contribution in [-0.4, -0.2) is 41.4 Å². The topological polar surface area (TPSA) is 58.5 Å². The third-order valence-electron chi connectivity index (χ3n) is 4.63. The van der Waals surface area contributed by atoms with E-state index in [0.717, 1.165) is 43.1 Å². The Hall–Kier alpha value is -2.14. The van der Waals surface area contributed by atoms with Crippen LogP contribution < -0.4 is 9.64 Å². The van der Waals surface area contributed by atoms with E-state index in [1.165, 1.54) is 5.56 Å². The number of nitrogens with zero attached hydrogens (tertiary/aromatic N) is 3. The third kappa shape index (κ3) is 3.85. The highest BCUT2D eigenvalue weighted by Crippen LogP contribution is 2.36. The van der Waals surface area contributed by atoms with Gasteiger partial charge in [0.2, 0.25) is 0 Å². The molecule has 3 rings (SSSR count). The van der Waals surface area contributed by atoms with E-state index in [9.17, 15) is 5.11 Å². The lowest BCUT2D eigenvalue weighted by Crippen LogP contribution is -2.28. The fourth-order valence-electron chi connectivity index (χ4n) is 2.97. The molecule has 0 atom stereocenters. The van der Waals surface area contributed by atoms with Gasteiger partial charge in [-0.2, -0.15) is 0 Å². The summed E-state index contributed by atoms with van der Waals surface area (Å²) in [6, 6.07) is 10.2. The number of aliphatic hydroxyl groups is 1. The predicted octanol–water partition coefficient (Wildman–Crippen LogP) is 2.79. The normalized spacial score (nSPS) is 19.6. The maximum atomic E-state index is 9.45. The number of aromatic nitrogens is 2. The fraction of sp³-hybridized carbons (Fsp3) is 0.474. The molecule has 0 saturated heterocycles. The number of para-hydroxylation sites is 1. The number of aryl methyl sites for hydroxylation is 1. The molecule has 1 saturated carbocycles. The molecule has 1 heterocycles. The second-order valence-electron chi connectivity index (χ2n) is 6.35. The molecule has 2 aromatic rings. The van der Waals surface area contributed by atoms with E-state index in [4.69, 9.17) is 4.74 Å². The summed E-state index contributed by atoms with van der Waals surface area (Å²) in [6.45, 7) is 3.49. The SMILES string of the molecule is CCc1ccccc1OCCN(C)c1cc(C2CC(O)C2)ncn1. The first-order valence-electron chi connectivity index (χ1n) is 8.59. The Morgan fingerprint density at radius 2 is 2.04 bits per heavy atom. The minimum atomic E-state index is -0.168. The van der Waals surface area contributed by atoms with Gasteiger partial charge in [-0.05, 0) is 30.9 Å². The zero-order valence-electron chi connectivity index (χ0n) is 14.4. The average Bonchev–Trinajstić information content (AvgIpc) is 2.59. The molecule has 1 aliphatic carbocycles. The number of aliphatic hydroxyl groups excluding tert-OH is 1. The summed E-state index contributed by atoms with van der Waals surface area (Å²) in [4.78, 5) is 10.8. The zero-order valence-corrected chi connectivity index (χ0v) is 14.4. The molecule has 1 aromatic heterocycles. The van der Waals surface area contributed by atoms with Crippen LogP contribution in [0, 0.1) is 0 Å². The Morgan fingerprint density at radius 3 is 2.79 bits per heavy atom. The van der Waals surface area contributed by atoms with Crippen molar-refractivity contribution in [3.63, 3.8) is 0 Å². The Balaban J connectivity index is 1.55. The maximum absolute atomic E-state index is 9.45. The second kappa shape index (κ2) is 7.62. The quantitative estimate of drug-likeness (QED) is 0.847. The summed E-state index contributed by atoms with van der Waals surface area (Å²) >= 11 is 0. The van der Waals surface area contributed by atoms with Crippen LogP contribution in [0.15, 0.2) is 36.7 Å². The summed E-state index contributed by atoms with van der Waals surface area (Å²) in [6.07, 6.45) is 4.01. The molecule has 5 heteroatoms. The largest absolute Gasteiger partial charge is 0.491 e. The third-order valence-corrected chi connectivity index (χ3v) is 4.63. The minimum absolute atomic E-state index is 0.168. The van der Waals surface area contributed by atoms with Crippen molar-refractivity contribution < 1.29 is 9.84 Å². The predicted molar refractivity (Wildman–Crippen MR) is 94.6 cm³/mol. The van der Waals surface area contributed by atoms with Crippen molar-refractivity contribution in [1.29, 1.82) is 0 Å². The molecular weight excluding hydrogens is 302 g/mol. The van der Waals surface area contributed by atoms with E-state index >= 15 is 0 Å². The van der Waals surface area contributed by atoms with Crippen LogP contribution in [0.1, 0.15) is 36.9 Å². The van der Waals surface area contributed by atoms with E-state index in [0.29, 0.717) is 12.5 Å². The Morgan fingerprint density at radius 1 is 1.25 bits per heavy atom. The van der Waals surface area contributed by atoms with E-state index in [-0.39, 0.29) is 6.10 Å². The zero-order chi connectivity index (χ0) is 16.9. The lowest BCUT2D eigenvalue weighted by molar-refractivity contribution is 0.0732. The highest BCUT2D eigenvalue weighted by Gasteiger charge is 2.29. The molecule has 1 aromatic carbocycles. The molecule has 0 radical (unpaired) electrons. The van der Waals surface area contributed by atoms with Gasteiger partial charge >= 0.3 is 0 Å². The van der Waals surface area contributed by atoms with Crippen molar-refractivity contribution in [2.75, 3.05) is 25.1 Å². The molecule has 0 bridgehead atoms. The van der Waals surface area contributed by atoms with Crippen LogP contribution >= 0.6 is 0 Å². The van der Waals surface area contributed by atoms with E-state index in [1.54, 1.807) is 6.33 Å². The van der Waals surface area contributed by atoms with Crippen molar-refractivity contribution in [1.82, 2.24) is 9.97 Å². The first-order valence-corrected chi connectivity index (χ1v) is 8.59. The number of rotatable bonds is 7. The molecule has 0 amide bonds. The van der Waals surface area contributed by atoms with Crippen molar-refractivity contribution in [2.45, 2.75) is 38.2 Å². The summed E-state index contributed by atoms with van der Waals surface area (Å²) in [5, 5.41) is 9.45. The standard InChI is InChI=1S/C19H25N3O2/c1-3-14-6-4-5-7-18(14)24-9-8-22(2)19-12-17(20-13-21-19)15-10-16(23)11-15/h4-7,12-13,15-16,23H,3,8-11H2,1-2H3. The van der Waals surface area contributed by atoms with E-state index < -0.39 is 0 Å². The van der Waals surface area contributed by atoms with Gasteiger partial charge in [0.15, 0.2) is 0 Å². The van der Waals surface area contributed by atoms with Gasteiger partial charge in [0.1, 0.15) is 24.5 Å². The number of likely N-dealkylation sites (N-methyl/N-ethyl adjacent to an activating group) is 1. The smallest absolute Gasteiger partial charge is 0.132 e. The molecule has 24 heavy (non-hydrogen) atoms. The van der Waals surface area contributed by atoms with Crippen molar-refractivity contribution in [3.05, 3.63) is 47.9 Å². The highest BCUT2D eigenvalue weighted by molar-refractivity contribution is 5.39. The van der Waals surface area contributed by atoms with Crippen molar-refractivity contribution in [2.24, 2.45) is 0 Å². The monoisotopic (exact) mass is 327 g/mol. The number of benzene rings is 1. The van der Waals surface area contributed by atoms with Crippen LogP contribution in [0.3, 0.4) is 0 Å². The summed E-state index contributed by atoms with van der Waals surface area (Å²) in [7, 11) is 2.01. The van der Waals surface area contributed by atoms with Gasteiger partial charge in [-0.3, -0.25) is 0 Å². The maximum Gasteiger partial charge on any atom is 0.132 e. The fourth-order valence-corrected chi connectivity index (χ4v) is 2.97. The van der Waals surface area contributed by atoms with E-state index in [2.05, 4.69) is 27.9 Å². The average molecular weight is 327 g/mol. The number of anilines is 1. The Kier molecular flexibility index (Phi) is 5.30. The van der Waals surface area contributed by atoms with Gasteiger partial charge in [-0.25, -0.2) is 9.97 Å². The molecule has 0 aliphatic heterocycles. The summed E-state index contributed by atoms with van der Waals surface area (Å²) < 4.78 is 5.93. The van der Waals surface area contributed by atoms with E-state index in [1.807, 2.05) is 31.3 Å². The molecule has 1 fully saturated rings. The van der Waals surface area contributed by atoms with Crippen LogP contribution in [0.2, 0.25) is 0 Å². The molecule has 1 aliphatic rings. The van der Waals surface area contributed by atoms with Gasteiger partial charge in [-0.15, -0.1) is 0 Å². The van der Waals surface area contributed by atoms with Gasteiger partial charge in [0.05, 0.1) is 12.6 Å². The molecule has 5 nitrogen and oxygen atoms in total. The first-order chi connectivity index (χ1) is 11.7. The van der Waals surface area contributed by atoms with Crippen LogP contribution in [0.5, 0.6) is 5.75 Å². The molecular formula is C19H25N3O2.